The van der Waals surface area contributed by atoms with E-state index in [9.17, 15) is 35.9 Å². The highest BCUT2D eigenvalue weighted by atomic mass is 32.1. The summed E-state index contributed by atoms with van der Waals surface area (Å²) in [6.07, 6.45) is -6.13. The molecule has 2 aliphatic rings. The molecule has 2 fully saturated rings. The molecule has 2 heterocycles. The van der Waals surface area contributed by atoms with Crippen molar-refractivity contribution in [1.82, 2.24) is 15.2 Å². The van der Waals surface area contributed by atoms with Crippen molar-refractivity contribution >= 4 is 28.3 Å². The third-order valence-electron chi connectivity index (χ3n) is 8.08. The molecule has 3 aromatic rings. The van der Waals surface area contributed by atoms with Gasteiger partial charge in [-0.3, -0.25) is 9.59 Å². The number of thiazole rings is 1. The average Bonchev–Trinajstić information content (AvgIpc) is 3.75. The van der Waals surface area contributed by atoms with Gasteiger partial charge in [-0.05, 0) is 87.0 Å². The number of rotatable bonds is 10. The number of alkyl halides is 6. The summed E-state index contributed by atoms with van der Waals surface area (Å²) >= 11 is 1.17. The van der Waals surface area contributed by atoms with Crippen LogP contribution in [-0.2, 0) is 28.5 Å². The molecule has 2 aromatic carbocycles. The van der Waals surface area contributed by atoms with Crippen LogP contribution >= 0.6 is 11.3 Å². The van der Waals surface area contributed by atoms with Crippen LogP contribution in [0.1, 0.15) is 71.9 Å². The van der Waals surface area contributed by atoms with E-state index in [1.54, 1.807) is 5.38 Å². The van der Waals surface area contributed by atoms with Crippen LogP contribution < -0.4 is 10.6 Å². The van der Waals surface area contributed by atoms with Gasteiger partial charge in [0, 0.05) is 17.8 Å². The van der Waals surface area contributed by atoms with E-state index >= 15 is 0 Å². The number of benzene rings is 2. The highest BCUT2D eigenvalue weighted by Gasteiger charge is 2.37. The number of nitrogens with one attached hydrogen (secondary N) is 2. The topological polar surface area (TPSA) is 74.3 Å². The van der Waals surface area contributed by atoms with Crippen LogP contribution in [0.2, 0.25) is 0 Å². The summed E-state index contributed by atoms with van der Waals surface area (Å²) in [6, 6.07) is 11.5. The molecule has 13 heteroatoms. The minimum Gasteiger partial charge on any atom is -0.351 e. The summed E-state index contributed by atoms with van der Waals surface area (Å²) in [5.74, 6) is -1.14. The molecule has 0 spiro atoms. The lowest BCUT2D eigenvalue weighted by Crippen LogP contribution is -2.36. The summed E-state index contributed by atoms with van der Waals surface area (Å²) in [7, 11) is 0. The summed E-state index contributed by atoms with van der Waals surface area (Å²) in [6.45, 7) is 1.65. The van der Waals surface area contributed by atoms with E-state index < -0.39 is 41.8 Å². The first-order chi connectivity index (χ1) is 20.9. The summed E-state index contributed by atoms with van der Waals surface area (Å²) in [5.41, 5.74) is -1.53. The van der Waals surface area contributed by atoms with Crippen LogP contribution in [0, 0.1) is 5.92 Å². The van der Waals surface area contributed by atoms with Gasteiger partial charge in [0.25, 0.3) is 0 Å². The number of anilines is 1. The fourth-order valence-corrected chi connectivity index (χ4v) is 6.20. The molecule has 1 unspecified atom stereocenters. The van der Waals surface area contributed by atoms with E-state index in [0.717, 1.165) is 38.8 Å². The second-order valence-corrected chi connectivity index (χ2v) is 12.2. The number of likely N-dealkylation sites (tertiary alicyclic amines) is 1. The average molecular weight is 639 g/mol. The maximum Gasteiger partial charge on any atom is 0.416 e. The molecule has 1 aliphatic carbocycles. The number of amides is 2. The zero-order chi connectivity index (χ0) is 31.5. The standard InChI is InChI=1S/C31H32F6N4O2S/c32-30(33,34)23-14-19(15-24(16-23)31(35,36)37)17-38-28(43)25(26-18-44-29(39-26)40-27(42)22-6-7-22)10-13-41-11-8-21(9-12-41)20-4-2-1-3-5-20/h1-5,14-16,18,21-22,25H,6-13,17H2,(H,38,43)(H,39,40,42). The van der Waals surface area contributed by atoms with Gasteiger partial charge in [-0.25, -0.2) is 4.98 Å². The van der Waals surface area contributed by atoms with Crippen molar-refractivity contribution in [2.45, 2.75) is 62.8 Å². The minimum atomic E-state index is -4.99. The summed E-state index contributed by atoms with van der Waals surface area (Å²) in [4.78, 5) is 32.4. The SMILES string of the molecule is O=C(Nc1nc(C(CCN2CCC(c3ccccc3)CC2)C(=O)NCc2cc(C(F)(F)F)cc(C(F)(F)F)c2)cs1)C1CC1. The fourth-order valence-electron chi connectivity index (χ4n) is 5.43. The number of carbonyl (C=O) groups excluding carboxylic acids is 2. The van der Waals surface area contributed by atoms with Crippen LogP contribution in [0.4, 0.5) is 31.5 Å². The van der Waals surface area contributed by atoms with Crippen molar-refractivity contribution < 1.29 is 35.9 Å². The van der Waals surface area contributed by atoms with Crippen LogP contribution in [0.15, 0.2) is 53.9 Å². The van der Waals surface area contributed by atoms with E-state index in [1.807, 2.05) is 18.2 Å². The van der Waals surface area contributed by atoms with Crippen LogP contribution in [0.25, 0.3) is 0 Å². The lowest BCUT2D eigenvalue weighted by Gasteiger charge is -2.32. The molecule has 1 saturated heterocycles. The van der Waals surface area contributed by atoms with E-state index in [4.69, 9.17) is 0 Å². The maximum atomic E-state index is 13.4. The molecule has 1 atom stereocenters. The van der Waals surface area contributed by atoms with Crippen LogP contribution in [0.3, 0.4) is 0 Å². The molecule has 1 aliphatic heterocycles. The minimum absolute atomic E-state index is 0.0469. The smallest absolute Gasteiger partial charge is 0.351 e. The fraction of sp³-hybridized carbons (Fsp3) is 0.452. The number of piperidine rings is 1. The second-order valence-electron chi connectivity index (χ2n) is 11.3. The van der Waals surface area contributed by atoms with Gasteiger partial charge >= 0.3 is 12.4 Å². The van der Waals surface area contributed by atoms with Crippen LogP contribution in [-0.4, -0.2) is 41.3 Å². The monoisotopic (exact) mass is 638 g/mol. The largest absolute Gasteiger partial charge is 0.416 e. The van der Waals surface area contributed by atoms with Crippen molar-refractivity contribution in [1.29, 1.82) is 0 Å². The first-order valence-corrected chi connectivity index (χ1v) is 15.3. The number of halogens is 6. The van der Waals surface area contributed by atoms with Crippen LogP contribution in [0.5, 0.6) is 0 Å². The van der Waals surface area contributed by atoms with Gasteiger partial charge in [-0.1, -0.05) is 30.3 Å². The molecule has 1 aromatic heterocycles. The Hall–Kier alpha value is -3.45. The van der Waals surface area contributed by atoms with Gasteiger partial charge in [-0.2, -0.15) is 26.3 Å². The van der Waals surface area contributed by atoms with E-state index in [0.29, 0.717) is 41.8 Å². The number of nitrogens with zero attached hydrogens (tertiary/aromatic N) is 2. The highest BCUT2D eigenvalue weighted by Crippen LogP contribution is 2.37. The summed E-state index contributed by atoms with van der Waals surface area (Å²) < 4.78 is 80.0. The Morgan fingerprint density at radius 3 is 2.16 bits per heavy atom. The number of aromatic nitrogens is 1. The van der Waals surface area contributed by atoms with Gasteiger partial charge in [-0.15, -0.1) is 11.3 Å². The molecular formula is C31H32F6N4O2S. The van der Waals surface area contributed by atoms with Gasteiger partial charge in [0.1, 0.15) is 0 Å². The Morgan fingerprint density at radius 2 is 1.57 bits per heavy atom. The zero-order valence-corrected chi connectivity index (χ0v) is 24.5. The molecule has 6 nitrogen and oxygen atoms in total. The molecule has 0 bridgehead atoms. The van der Waals surface area contributed by atoms with E-state index in [-0.39, 0.29) is 23.5 Å². The van der Waals surface area contributed by atoms with Gasteiger partial charge < -0.3 is 15.5 Å². The molecule has 2 N–H and O–H groups in total. The first kappa shape index (κ1) is 32.0. The second kappa shape index (κ2) is 13.3. The Morgan fingerprint density at radius 1 is 0.932 bits per heavy atom. The zero-order valence-electron chi connectivity index (χ0n) is 23.7. The molecule has 44 heavy (non-hydrogen) atoms. The van der Waals surface area contributed by atoms with E-state index in [2.05, 4.69) is 32.7 Å². The van der Waals surface area contributed by atoms with Crippen molar-refractivity contribution in [3.63, 3.8) is 0 Å². The highest BCUT2D eigenvalue weighted by molar-refractivity contribution is 7.14. The Balaban J connectivity index is 1.28. The molecule has 236 valence electrons. The molecular weight excluding hydrogens is 606 g/mol. The molecule has 5 rings (SSSR count). The van der Waals surface area contributed by atoms with E-state index in [1.165, 1.54) is 16.9 Å². The lowest BCUT2D eigenvalue weighted by atomic mass is 9.89. The Labute approximate surface area is 254 Å². The van der Waals surface area contributed by atoms with Gasteiger partial charge in [0.05, 0.1) is 22.7 Å². The van der Waals surface area contributed by atoms with Gasteiger partial charge in [0.2, 0.25) is 11.8 Å². The number of hydrogen-bond donors (Lipinski definition) is 2. The predicted molar refractivity (Wildman–Crippen MR) is 154 cm³/mol. The van der Waals surface area contributed by atoms with Crippen molar-refractivity contribution in [2.24, 2.45) is 5.92 Å². The molecule has 2 amide bonds. The van der Waals surface area contributed by atoms with Crippen molar-refractivity contribution in [2.75, 3.05) is 25.0 Å². The van der Waals surface area contributed by atoms with Crippen molar-refractivity contribution in [3.05, 3.63) is 81.9 Å². The normalized spacial score (nSPS) is 17.3. The molecule has 1 saturated carbocycles. The maximum absolute atomic E-state index is 13.4. The lowest BCUT2D eigenvalue weighted by molar-refractivity contribution is -0.143. The van der Waals surface area contributed by atoms with Crippen molar-refractivity contribution in [3.8, 4) is 0 Å². The third kappa shape index (κ3) is 8.38. The third-order valence-corrected chi connectivity index (χ3v) is 8.86. The number of hydrogen-bond acceptors (Lipinski definition) is 5. The summed E-state index contributed by atoms with van der Waals surface area (Å²) in [5, 5.41) is 7.28. The number of carbonyl (C=O) groups is 2. The molecule has 0 radical (unpaired) electrons. The first-order valence-electron chi connectivity index (χ1n) is 14.5. The van der Waals surface area contributed by atoms with Gasteiger partial charge in [0.15, 0.2) is 5.13 Å². The Kier molecular flexibility index (Phi) is 9.64. The Bertz CT molecular complexity index is 1420. The quantitative estimate of drug-likeness (QED) is 0.231. The predicted octanol–water partition coefficient (Wildman–Crippen LogP) is 7.20.